The second-order valence-corrected chi connectivity index (χ2v) is 7.51. The SMILES string of the molecule is CCCCCC1CCC(CCc2ccc(C(CO)COC)cc2)OC1. The summed E-state index contributed by atoms with van der Waals surface area (Å²) in [6, 6.07) is 8.62. The summed E-state index contributed by atoms with van der Waals surface area (Å²) in [5.74, 6) is 0.864. The molecule has 0 bridgehead atoms. The first-order valence-corrected chi connectivity index (χ1v) is 10.1. The van der Waals surface area contributed by atoms with Gasteiger partial charge in [-0.05, 0) is 49.1 Å². The van der Waals surface area contributed by atoms with E-state index >= 15 is 0 Å². The van der Waals surface area contributed by atoms with Crippen LogP contribution in [0.15, 0.2) is 24.3 Å². The Labute approximate surface area is 153 Å². The lowest BCUT2D eigenvalue weighted by Crippen LogP contribution is -2.26. The summed E-state index contributed by atoms with van der Waals surface area (Å²) in [6.07, 6.45) is 10.5. The number of hydrogen-bond acceptors (Lipinski definition) is 3. The van der Waals surface area contributed by atoms with Gasteiger partial charge in [-0.2, -0.15) is 0 Å². The van der Waals surface area contributed by atoms with Gasteiger partial charge in [0.05, 0.1) is 19.3 Å². The van der Waals surface area contributed by atoms with Crippen LogP contribution in [0.1, 0.15) is 68.9 Å². The predicted molar refractivity (Wildman–Crippen MR) is 103 cm³/mol. The van der Waals surface area contributed by atoms with Gasteiger partial charge in [-0.3, -0.25) is 0 Å². The van der Waals surface area contributed by atoms with E-state index in [1.165, 1.54) is 44.1 Å². The Morgan fingerprint density at radius 2 is 1.96 bits per heavy atom. The number of aliphatic hydroxyl groups is 1. The molecular formula is C22H36O3. The van der Waals surface area contributed by atoms with Gasteiger partial charge in [-0.25, -0.2) is 0 Å². The van der Waals surface area contributed by atoms with Crippen molar-refractivity contribution in [2.24, 2.45) is 5.92 Å². The predicted octanol–water partition coefficient (Wildman–Crippen LogP) is 4.72. The highest BCUT2D eigenvalue weighted by Gasteiger charge is 2.21. The van der Waals surface area contributed by atoms with E-state index in [0.717, 1.165) is 30.9 Å². The lowest BCUT2D eigenvalue weighted by atomic mass is 9.91. The zero-order valence-corrected chi connectivity index (χ0v) is 16.1. The molecule has 1 heterocycles. The Bertz CT molecular complexity index is 449. The lowest BCUT2D eigenvalue weighted by Gasteiger charge is -2.29. The molecule has 1 aromatic carbocycles. The Balaban J connectivity index is 1.70. The number of aryl methyl sites for hydroxylation is 1. The van der Waals surface area contributed by atoms with Crippen LogP contribution in [0.4, 0.5) is 0 Å². The average molecular weight is 349 g/mol. The molecule has 2 rings (SSSR count). The lowest BCUT2D eigenvalue weighted by molar-refractivity contribution is -0.0219. The molecule has 0 aromatic heterocycles. The monoisotopic (exact) mass is 348 g/mol. The van der Waals surface area contributed by atoms with Gasteiger partial charge < -0.3 is 14.6 Å². The van der Waals surface area contributed by atoms with Crippen LogP contribution in [-0.2, 0) is 15.9 Å². The minimum Gasteiger partial charge on any atom is -0.396 e. The number of aliphatic hydroxyl groups excluding tert-OH is 1. The van der Waals surface area contributed by atoms with Gasteiger partial charge in [-0.1, -0.05) is 50.5 Å². The van der Waals surface area contributed by atoms with Crippen molar-refractivity contribution in [1.82, 2.24) is 0 Å². The molecule has 25 heavy (non-hydrogen) atoms. The van der Waals surface area contributed by atoms with Gasteiger partial charge >= 0.3 is 0 Å². The molecule has 3 unspecified atom stereocenters. The Morgan fingerprint density at radius 1 is 1.16 bits per heavy atom. The van der Waals surface area contributed by atoms with Crippen LogP contribution in [0.25, 0.3) is 0 Å². The van der Waals surface area contributed by atoms with Crippen LogP contribution in [-0.4, -0.2) is 38.1 Å². The smallest absolute Gasteiger partial charge is 0.0578 e. The highest BCUT2D eigenvalue weighted by Crippen LogP contribution is 2.26. The maximum absolute atomic E-state index is 9.45. The molecule has 1 fully saturated rings. The van der Waals surface area contributed by atoms with Crippen molar-refractivity contribution in [2.75, 3.05) is 26.9 Å². The number of ether oxygens (including phenoxy) is 2. The molecule has 0 spiro atoms. The largest absolute Gasteiger partial charge is 0.396 e. The fraction of sp³-hybridized carbons (Fsp3) is 0.727. The van der Waals surface area contributed by atoms with Gasteiger partial charge in [0.25, 0.3) is 0 Å². The van der Waals surface area contributed by atoms with Crippen LogP contribution in [0.3, 0.4) is 0 Å². The molecule has 1 aromatic rings. The summed E-state index contributed by atoms with van der Waals surface area (Å²) in [7, 11) is 1.68. The first-order valence-electron chi connectivity index (χ1n) is 10.1. The summed E-state index contributed by atoms with van der Waals surface area (Å²) in [5, 5.41) is 9.45. The van der Waals surface area contributed by atoms with Crippen LogP contribution < -0.4 is 0 Å². The standard InChI is InChI=1S/C22H36O3/c1-3-4-5-6-19-10-14-22(25-16-19)13-9-18-7-11-20(12-8-18)21(15-23)17-24-2/h7-8,11-12,19,21-23H,3-6,9-10,13-17H2,1-2H3. The van der Waals surface area contributed by atoms with Crippen molar-refractivity contribution in [2.45, 2.75) is 70.3 Å². The van der Waals surface area contributed by atoms with Crippen molar-refractivity contribution in [1.29, 1.82) is 0 Å². The molecular weight excluding hydrogens is 312 g/mol. The van der Waals surface area contributed by atoms with Gasteiger partial charge in [0, 0.05) is 19.6 Å². The summed E-state index contributed by atoms with van der Waals surface area (Å²) in [4.78, 5) is 0. The normalized spacial score (nSPS) is 22.0. The molecule has 3 heteroatoms. The van der Waals surface area contributed by atoms with Crippen LogP contribution in [0.5, 0.6) is 0 Å². The minimum absolute atomic E-state index is 0.0744. The van der Waals surface area contributed by atoms with E-state index < -0.39 is 0 Å². The molecule has 142 valence electrons. The van der Waals surface area contributed by atoms with E-state index in [1.807, 2.05) is 0 Å². The van der Waals surface area contributed by atoms with Crippen molar-refractivity contribution >= 4 is 0 Å². The van der Waals surface area contributed by atoms with Crippen molar-refractivity contribution in [3.63, 3.8) is 0 Å². The fourth-order valence-electron chi connectivity index (χ4n) is 3.74. The van der Waals surface area contributed by atoms with Crippen LogP contribution in [0, 0.1) is 5.92 Å². The first kappa shape index (κ1) is 20.4. The van der Waals surface area contributed by atoms with Crippen molar-refractivity contribution < 1.29 is 14.6 Å². The zero-order valence-electron chi connectivity index (χ0n) is 16.1. The van der Waals surface area contributed by atoms with E-state index in [4.69, 9.17) is 9.47 Å². The van der Waals surface area contributed by atoms with E-state index in [0.29, 0.717) is 12.7 Å². The number of unbranched alkanes of at least 4 members (excludes halogenated alkanes) is 2. The summed E-state index contributed by atoms with van der Waals surface area (Å²) < 4.78 is 11.3. The number of methoxy groups -OCH3 is 1. The third kappa shape index (κ3) is 7.08. The van der Waals surface area contributed by atoms with Crippen molar-refractivity contribution in [3.05, 3.63) is 35.4 Å². The Morgan fingerprint density at radius 3 is 2.56 bits per heavy atom. The van der Waals surface area contributed by atoms with E-state index in [9.17, 15) is 5.11 Å². The molecule has 1 aliphatic rings. The maximum Gasteiger partial charge on any atom is 0.0578 e. The number of rotatable bonds is 11. The highest BCUT2D eigenvalue weighted by atomic mass is 16.5. The second-order valence-electron chi connectivity index (χ2n) is 7.51. The van der Waals surface area contributed by atoms with Gasteiger partial charge in [0.15, 0.2) is 0 Å². The Kier molecular flexibility index (Phi) is 9.52. The number of hydrogen-bond donors (Lipinski definition) is 1. The molecule has 1 N–H and O–H groups in total. The Hall–Kier alpha value is -0.900. The minimum atomic E-state index is 0.0744. The van der Waals surface area contributed by atoms with Crippen LogP contribution in [0.2, 0.25) is 0 Å². The second kappa shape index (κ2) is 11.7. The molecule has 1 saturated heterocycles. The third-order valence-electron chi connectivity index (χ3n) is 5.47. The maximum atomic E-state index is 9.45. The molecule has 0 saturated carbocycles. The van der Waals surface area contributed by atoms with Crippen LogP contribution >= 0.6 is 0 Å². The summed E-state index contributed by atoms with van der Waals surface area (Å²) in [5.41, 5.74) is 2.50. The first-order chi connectivity index (χ1) is 12.3. The van der Waals surface area contributed by atoms with Gasteiger partial charge in [-0.15, -0.1) is 0 Å². The molecule has 3 nitrogen and oxygen atoms in total. The van der Waals surface area contributed by atoms with E-state index in [-0.39, 0.29) is 12.5 Å². The quantitative estimate of drug-likeness (QED) is 0.588. The van der Waals surface area contributed by atoms with Gasteiger partial charge in [0.2, 0.25) is 0 Å². The topological polar surface area (TPSA) is 38.7 Å². The van der Waals surface area contributed by atoms with E-state index in [1.54, 1.807) is 7.11 Å². The summed E-state index contributed by atoms with van der Waals surface area (Å²) >= 11 is 0. The van der Waals surface area contributed by atoms with Crippen molar-refractivity contribution in [3.8, 4) is 0 Å². The third-order valence-corrected chi connectivity index (χ3v) is 5.47. The molecule has 1 aliphatic heterocycles. The number of benzene rings is 1. The average Bonchev–Trinajstić information content (AvgIpc) is 2.66. The molecule has 0 radical (unpaired) electrons. The molecule has 0 amide bonds. The molecule has 0 aliphatic carbocycles. The summed E-state index contributed by atoms with van der Waals surface area (Å²) in [6.45, 7) is 3.91. The van der Waals surface area contributed by atoms with E-state index in [2.05, 4.69) is 31.2 Å². The van der Waals surface area contributed by atoms with Gasteiger partial charge in [0.1, 0.15) is 0 Å². The highest BCUT2D eigenvalue weighted by molar-refractivity contribution is 5.25. The molecule has 3 atom stereocenters. The fourth-order valence-corrected chi connectivity index (χ4v) is 3.74. The zero-order chi connectivity index (χ0) is 17.9.